The quantitative estimate of drug-likeness (QED) is 0.863. The summed E-state index contributed by atoms with van der Waals surface area (Å²) in [7, 11) is 0. The Labute approximate surface area is 110 Å². The maximum Gasteiger partial charge on any atom is 0.146 e. The summed E-state index contributed by atoms with van der Waals surface area (Å²) in [6.45, 7) is 0. The van der Waals surface area contributed by atoms with Gasteiger partial charge in [0.2, 0.25) is 0 Å². The lowest BCUT2D eigenvalue weighted by Gasteiger charge is -2.14. The summed E-state index contributed by atoms with van der Waals surface area (Å²) in [4.78, 5) is 3.72. The first-order valence-electron chi connectivity index (χ1n) is 5.01. The first-order chi connectivity index (χ1) is 8.52. The van der Waals surface area contributed by atoms with E-state index in [1.165, 1.54) is 18.3 Å². The van der Waals surface area contributed by atoms with E-state index in [9.17, 15) is 13.2 Å². The fourth-order valence-corrected chi connectivity index (χ4v) is 1.94. The second kappa shape index (κ2) is 5.07. The summed E-state index contributed by atoms with van der Waals surface area (Å²) >= 11 is 2.93. The number of aromatic nitrogens is 1. The van der Waals surface area contributed by atoms with Crippen LogP contribution in [0.5, 0.6) is 0 Å². The monoisotopic (exact) mass is 316 g/mol. The minimum atomic E-state index is -1.30. The summed E-state index contributed by atoms with van der Waals surface area (Å²) < 4.78 is 41.0. The lowest BCUT2D eigenvalue weighted by Crippen LogP contribution is -2.18. The fraction of sp³-hybridized carbons (Fsp3) is 0.0833. The first kappa shape index (κ1) is 13.0. The van der Waals surface area contributed by atoms with Crippen LogP contribution in [0, 0.1) is 17.5 Å². The van der Waals surface area contributed by atoms with Gasteiger partial charge in [-0.25, -0.2) is 13.2 Å². The number of nitrogens with zero attached hydrogens (tertiary/aromatic N) is 1. The molecule has 0 saturated carbocycles. The highest BCUT2D eigenvalue weighted by Gasteiger charge is 2.23. The van der Waals surface area contributed by atoms with E-state index in [1.54, 1.807) is 0 Å². The molecule has 0 aliphatic heterocycles. The lowest BCUT2D eigenvalue weighted by molar-refractivity contribution is 0.523. The highest BCUT2D eigenvalue weighted by atomic mass is 79.9. The van der Waals surface area contributed by atoms with Crippen molar-refractivity contribution >= 4 is 15.9 Å². The maximum atomic E-state index is 13.8. The Morgan fingerprint density at radius 2 is 1.83 bits per heavy atom. The van der Waals surface area contributed by atoms with E-state index in [0.29, 0.717) is 0 Å². The van der Waals surface area contributed by atoms with Gasteiger partial charge in [-0.05, 0) is 40.2 Å². The van der Waals surface area contributed by atoms with E-state index >= 15 is 0 Å². The van der Waals surface area contributed by atoms with Gasteiger partial charge in [0.1, 0.15) is 17.5 Å². The smallest absolute Gasteiger partial charge is 0.146 e. The molecule has 2 nitrogen and oxygen atoms in total. The molecule has 0 bridgehead atoms. The number of hydrogen-bond donors (Lipinski definition) is 1. The van der Waals surface area contributed by atoms with E-state index in [4.69, 9.17) is 5.73 Å². The van der Waals surface area contributed by atoms with Crippen LogP contribution in [-0.2, 0) is 0 Å². The molecule has 0 aliphatic rings. The highest BCUT2D eigenvalue weighted by Crippen LogP contribution is 2.29. The van der Waals surface area contributed by atoms with Gasteiger partial charge < -0.3 is 5.73 Å². The van der Waals surface area contributed by atoms with E-state index in [2.05, 4.69) is 20.9 Å². The molecule has 0 spiro atoms. The van der Waals surface area contributed by atoms with Crippen molar-refractivity contribution in [2.45, 2.75) is 6.04 Å². The Morgan fingerprint density at radius 3 is 2.50 bits per heavy atom. The van der Waals surface area contributed by atoms with Crippen LogP contribution in [0.3, 0.4) is 0 Å². The normalized spacial score (nSPS) is 12.5. The molecular formula is C12H8BrF3N2. The van der Waals surface area contributed by atoms with Crippen LogP contribution in [0.2, 0.25) is 0 Å². The zero-order chi connectivity index (χ0) is 13.3. The van der Waals surface area contributed by atoms with Gasteiger partial charge in [0.25, 0.3) is 0 Å². The Bertz CT molecular complexity index is 590. The minimum absolute atomic E-state index is 0.0608. The third-order valence-corrected chi connectivity index (χ3v) is 3.08. The van der Waals surface area contributed by atoms with E-state index in [0.717, 1.165) is 12.1 Å². The van der Waals surface area contributed by atoms with Gasteiger partial charge in [-0.1, -0.05) is 0 Å². The summed E-state index contributed by atoms with van der Waals surface area (Å²) in [5.74, 6) is -2.40. The van der Waals surface area contributed by atoms with Crippen LogP contribution in [-0.4, -0.2) is 4.98 Å². The van der Waals surface area contributed by atoms with Crippen LogP contribution in [0.1, 0.15) is 17.3 Å². The average molecular weight is 317 g/mol. The molecule has 1 unspecified atom stereocenters. The molecule has 1 aromatic carbocycles. The minimum Gasteiger partial charge on any atom is -0.319 e. The third-order valence-electron chi connectivity index (χ3n) is 2.47. The van der Waals surface area contributed by atoms with Gasteiger partial charge in [-0.15, -0.1) is 0 Å². The van der Waals surface area contributed by atoms with E-state index < -0.39 is 29.1 Å². The maximum absolute atomic E-state index is 13.8. The van der Waals surface area contributed by atoms with Crippen LogP contribution >= 0.6 is 15.9 Å². The highest BCUT2D eigenvalue weighted by molar-refractivity contribution is 9.10. The number of pyridine rings is 1. The van der Waals surface area contributed by atoms with Crippen molar-refractivity contribution in [3.8, 4) is 0 Å². The topological polar surface area (TPSA) is 38.9 Å². The van der Waals surface area contributed by atoms with Crippen molar-refractivity contribution in [1.82, 2.24) is 4.98 Å². The van der Waals surface area contributed by atoms with Crippen molar-refractivity contribution in [1.29, 1.82) is 0 Å². The molecule has 94 valence electrons. The van der Waals surface area contributed by atoms with Crippen molar-refractivity contribution in [3.05, 3.63) is 63.6 Å². The van der Waals surface area contributed by atoms with E-state index in [-0.39, 0.29) is 10.2 Å². The summed E-state index contributed by atoms with van der Waals surface area (Å²) in [5, 5.41) is 0. The molecule has 2 N–H and O–H groups in total. The number of rotatable bonds is 2. The molecule has 0 fully saturated rings. The van der Waals surface area contributed by atoms with Gasteiger partial charge in [0, 0.05) is 11.8 Å². The van der Waals surface area contributed by atoms with Crippen molar-refractivity contribution in [2.75, 3.05) is 0 Å². The molecule has 2 rings (SSSR count). The van der Waals surface area contributed by atoms with Crippen molar-refractivity contribution < 1.29 is 13.2 Å². The van der Waals surface area contributed by atoms with Gasteiger partial charge in [0.15, 0.2) is 0 Å². The second-order valence-electron chi connectivity index (χ2n) is 3.61. The molecule has 0 saturated heterocycles. The largest absolute Gasteiger partial charge is 0.319 e. The predicted octanol–water partition coefficient (Wildman–Crippen LogP) is 3.31. The van der Waals surface area contributed by atoms with Crippen molar-refractivity contribution in [2.24, 2.45) is 5.73 Å². The Balaban J connectivity index is 2.56. The molecule has 1 atom stereocenters. The second-order valence-corrected chi connectivity index (χ2v) is 4.46. The fourth-order valence-electron chi connectivity index (χ4n) is 1.59. The Kier molecular flexibility index (Phi) is 3.68. The molecule has 6 heteroatoms. The van der Waals surface area contributed by atoms with Gasteiger partial charge >= 0.3 is 0 Å². The zero-order valence-corrected chi connectivity index (χ0v) is 10.6. The molecule has 0 radical (unpaired) electrons. The van der Waals surface area contributed by atoms with Crippen LogP contribution in [0.25, 0.3) is 0 Å². The van der Waals surface area contributed by atoms with Crippen molar-refractivity contribution in [3.63, 3.8) is 0 Å². The number of hydrogen-bond acceptors (Lipinski definition) is 2. The van der Waals surface area contributed by atoms with Crippen LogP contribution < -0.4 is 5.73 Å². The lowest BCUT2D eigenvalue weighted by atomic mass is 10.0. The number of nitrogens with two attached hydrogens (primary N) is 1. The molecule has 0 aliphatic carbocycles. The molecule has 1 aromatic heterocycles. The first-order valence-corrected chi connectivity index (χ1v) is 5.81. The summed E-state index contributed by atoms with van der Waals surface area (Å²) in [5.41, 5.74) is 5.07. The Morgan fingerprint density at radius 1 is 1.11 bits per heavy atom. The van der Waals surface area contributed by atoms with Gasteiger partial charge in [-0.2, -0.15) is 0 Å². The number of benzene rings is 1. The van der Waals surface area contributed by atoms with Gasteiger partial charge in [0.05, 0.1) is 16.2 Å². The summed E-state index contributed by atoms with van der Waals surface area (Å²) in [6.07, 6.45) is 1.31. The van der Waals surface area contributed by atoms with Gasteiger partial charge in [-0.3, -0.25) is 4.98 Å². The molecule has 18 heavy (non-hydrogen) atoms. The third kappa shape index (κ3) is 2.26. The predicted molar refractivity (Wildman–Crippen MR) is 64.3 cm³/mol. The summed E-state index contributed by atoms with van der Waals surface area (Å²) in [6, 6.07) is 3.48. The molecular weight excluding hydrogens is 309 g/mol. The standard InChI is InChI=1S/C12H8BrF3N2/c13-6-3-4-7(14)9(10(6)16)11(17)12-8(15)2-1-5-18-12/h1-5,11H,17H2. The average Bonchev–Trinajstić information content (AvgIpc) is 2.35. The number of halogens is 4. The molecule has 1 heterocycles. The SMILES string of the molecule is NC(c1ncccc1F)c1c(F)ccc(Br)c1F. The van der Waals surface area contributed by atoms with Crippen LogP contribution in [0.15, 0.2) is 34.9 Å². The van der Waals surface area contributed by atoms with E-state index in [1.807, 2.05) is 0 Å². The molecule has 0 amide bonds. The molecule has 2 aromatic rings. The zero-order valence-electron chi connectivity index (χ0n) is 9.00. The Hall–Kier alpha value is -1.40. The van der Waals surface area contributed by atoms with Crippen LogP contribution in [0.4, 0.5) is 13.2 Å².